The van der Waals surface area contributed by atoms with Crippen molar-refractivity contribution in [3.63, 3.8) is 0 Å². The molecular weight excluding hydrogens is 170 g/mol. The standard InChI is InChI=1S/C9H15NO3/c1-2-8(11)10-7-4-3-6(5-7)9(12)13/h6-7H,2-5H2,1H3,(H,10,11)(H,12,13)/t6-,7-/m0/s1. The number of hydrogen-bond donors (Lipinski definition) is 2. The summed E-state index contributed by atoms with van der Waals surface area (Å²) in [7, 11) is 0. The van der Waals surface area contributed by atoms with Crippen LogP contribution in [-0.4, -0.2) is 23.0 Å². The van der Waals surface area contributed by atoms with Gasteiger partial charge in [0.15, 0.2) is 0 Å². The predicted molar refractivity (Wildman–Crippen MR) is 47.2 cm³/mol. The summed E-state index contributed by atoms with van der Waals surface area (Å²) in [5.74, 6) is -0.994. The van der Waals surface area contributed by atoms with Gasteiger partial charge in [-0.2, -0.15) is 0 Å². The van der Waals surface area contributed by atoms with Gasteiger partial charge in [0.1, 0.15) is 0 Å². The number of carboxylic acid groups (broad SMARTS) is 1. The molecule has 1 amide bonds. The number of aliphatic carboxylic acids is 1. The van der Waals surface area contributed by atoms with Crippen molar-refractivity contribution in [2.24, 2.45) is 5.92 Å². The van der Waals surface area contributed by atoms with Crippen LogP contribution in [0.4, 0.5) is 0 Å². The van der Waals surface area contributed by atoms with Crippen LogP contribution in [-0.2, 0) is 9.59 Å². The van der Waals surface area contributed by atoms with Crippen LogP contribution in [0, 0.1) is 5.92 Å². The van der Waals surface area contributed by atoms with Gasteiger partial charge in [0.05, 0.1) is 5.92 Å². The maximum atomic E-state index is 11.0. The highest BCUT2D eigenvalue weighted by molar-refractivity contribution is 5.76. The molecule has 0 saturated heterocycles. The number of amides is 1. The van der Waals surface area contributed by atoms with Crippen LogP contribution in [0.1, 0.15) is 32.6 Å². The monoisotopic (exact) mass is 185 g/mol. The van der Waals surface area contributed by atoms with Crippen molar-refractivity contribution in [1.82, 2.24) is 5.32 Å². The van der Waals surface area contributed by atoms with Crippen molar-refractivity contribution in [1.29, 1.82) is 0 Å². The summed E-state index contributed by atoms with van der Waals surface area (Å²) in [6.07, 6.45) is 2.53. The van der Waals surface area contributed by atoms with Crippen LogP contribution in [0.15, 0.2) is 0 Å². The average Bonchev–Trinajstić information content (AvgIpc) is 2.52. The Labute approximate surface area is 77.3 Å². The van der Waals surface area contributed by atoms with Crippen molar-refractivity contribution in [3.05, 3.63) is 0 Å². The Morgan fingerprint density at radius 2 is 2.15 bits per heavy atom. The fourth-order valence-electron chi connectivity index (χ4n) is 1.67. The Hall–Kier alpha value is -1.06. The Morgan fingerprint density at radius 1 is 1.46 bits per heavy atom. The number of carboxylic acids is 1. The molecule has 1 aliphatic carbocycles. The lowest BCUT2D eigenvalue weighted by atomic mass is 10.1. The molecule has 0 aromatic carbocycles. The zero-order valence-electron chi connectivity index (χ0n) is 7.75. The highest BCUT2D eigenvalue weighted by atomic mass is 16.4. The fourth-order valence-corrected chi connectivity index (χ4v) is 1.67. The van der Waals surface area contributed by atoms with Gasteiger partial charge < -0.3 is 10.4 Å². The van der Waals surface area contributed by atoms with E-state index in [0.29, 0.717) is 19.3 Å². The number of rotatable bonds is 3. The van der Waals surface area contributed by atoms with E-state index in [1.165, 1.54) is 0 Å². The largest absolute Gasteiger partial charge is 0.481 e. The summed E-state index contributed by atoms with van der Waals surface area (Å²) in [6.45, 7) is 1.79. The van der Waals surface area contributed by atoms with Crippen molar-refractivity contribution >= 4 is 11.9 Å². The van der Waals surface area contributed by atoms with Gasteiger partial charge in [-0.1, -0.05) is 6.92 Å². The van der Waals surface area contributed by atoms with Gasteiger partial charge in [-0.25, -0.2) is 0 Å². The molecule has 2 atom stereocenters. The lowest BCUT2D eigenvalue weighted by Gasteiger charge is -2.10. The first-order chi connectivity index (χ1) is 6.13. The molecule has 13 heavy (non-hydrogen) atoms. The summed E-state index contributed by atoms with van der Waals surface area (Å²) in [5.41, 5.74) is 0. The molecule has 0 heterocycles. The first-order valence-corrected chi connectivity index (χ1v) is 4.65. The van der Waals surface area contributed by atoms with Crippen molar-refractivity contribution in [2.45, 2.75) is 38.6 Å². The zero-order chi connectivity index (χ0) is 9.84. The first-order valence-electron chi connectivity index (χ1n) is 4.65. The number of carbonyl (C=O) groups is 2. The van der Waals surface area contributed by atoms with Gasteiger partial charge in [-0.05, 0) is 19.3 Å². The minimum absolute atomic E-state index is 0.0102. The van der Waals surface area contributed by atoms with Gasteiger partial charge in [0, 0.05) is 12.5 Å². The molecular formula is C9H15NO3. The van der Waals surface area contributed by atoms with Crippen molar-refractivity contribution in [3.8, 4) is 0 Å². The second-order valence-corrected chi connectivity index (χ2v) is 3.47. The highest BCUT2D eigenvalue weighted by Gasteiger charge is 2.29. The smallest absolute Gasteiger partial charge is 0.306 e. The minimum atomic E-state index is -0.742. The molecule has 4 heteroatoms. The molecule has 0 unspecified atom stereocenters. The highest BCUT2D eigenvalue weighted by Crippen LogP contribution is 2.25. The number of carbonyl (C=O) groups excluding carboxylic acids is 1. The molecule has 0 spiro atoms. The number of hydrogen-bond acceptors (Lipinski definition) is 2. The van der Waals surface area contributed by atoms with E-state index >= 15 is 0 Å². The molecule has 1 aliphatic rings. The summed E-state index contributed by atoms with van der Waals surface area (Å²) >= 11 is 0. The van der Waals surface area contributed by atoms with Crippen LogP contribution in [0.2, 0.25) is 0 Å². The normalized spacial score (nSPS) is 27.2. The van der Waals surface area contributed by atoms with E-state index in [9.17, 15) is 9.59 Å². The SMILES string of the molecule is CCC(=O)N[C@H]1CC[C@H](C(=O)O)C1. The molecule has 0 bridgehead atoms. The fraction of sp³-hybridized carbons (Fsp3) is 0.778. The molecule has 1 saturated carbocycles. The third kappa shape index (κ3) is 2.72. The molecule has 0 aromatic rings. The Morgan fingerprint density at radius 3 is 2.62 bits per heavy atom. The second-order valence-electron chi connectivity index (χ2n) is 3.47. The van der Waals surface area contributed by atoms with E-state index in [-0.39, 0.29) is 17.9 Å². The summed E-state index contributed by atoms with van der Waals surface area (Å²) in [5, 5.41) is 11.5. The van der Waals surface area contributed by atoms with Gasteiger partial charge in [-0.3, -0.25) is 9.59 Å². The molecule has 1 fully saturated rings. The summed E-state index contributed by atoms with van der Waals surface area (Å²) in [4.78, 5) is 21.6. The molecule has 0 aliphatic heterocycles. The van der Waals surface area contributed by atoms with Crippen LogP contribution in [0.3, 0.4) is 0 Å². The molecule has 4 nitrogen and oxygen atoms in total. The average molecular weight is 185 g/mol. The molecule has 0 aromatic heterocycles. The van der Waals surface area contributed by atoms with Crippen LogP contribution >= 0.6 is 0 Å². The summed E-state index contributed by atoms with van der Waals surface area (Å²) in [6, 6.07) is 0.0774. The zero-order valence-corrected chi connectivity index (χ0v) is 7.75. The maximum absolute atomic E-state index is 11.0. The second kappa shape index (κ2) is 4.25. The Bertz CT molecular complexity index is 215. The van der Waals surface area contributed by atoms with E-state index in [1.54, 1.807) is 6.92 Å². The van der Waals surface area contributed by atoms with Crippen molar-refractivity contribution < 1.29 is 14.7 Å². The summed E-state index contributed by atoms with van der Waals surface area (Å²) < 4.78 is 0. The van der Waals surface area contributed by atoms with E-state index in [1.807, 2.05) is 0 Å². The lowest BCUT2D eigenvalue weighted by molar-refractivity contribution is -0.141. The Kier molecular flexibility index (Phi) is 3.28. The van der Waals surface area contributed by atoms with Crippen LogP contribution in [0.25, 0.3) is 0 Å². The van der Waals surface area contributed by atoms with Crippen LogP contribution < -0.4 is 5.32 Å². The van der Waals surface area contributed by atoms with E-state index in [0.717, 1.165) is 6.42 Å². The Balaban J connectivity index is 2.33. The number of nitrogens with one attached hydrogen (secondary N) is 1. The maximum Gasteiger partial charge on any atom is 0.306 e. The van der Waals surface area contributed by atoms with Crippen LogP contribution in [0.5, 0.6) is 0 Å². The molecule has 1 rings (SSSR count). The minimum Gasteiger partial charge on any atom is -0.481 e. The van der Waals surface area contributed by atoms with E-state index in [2.05, 4.69) is 5.32 Å². The van der Waals surface area contributed by atoms with Gasteiger partial charge >= 0.3 is 5.97 Å². The third-order valence-electron chi connectivity index (χ3n) is 2.47. The molecule has 74 valence electrons. The topological polar surface area (TPSA) is 66.4 Å². The van der Waals surface area contributed by atoms with Gasteiger partial charge in [-0.15, -0.1) is 0 Å². The predicted octanol–water partition coefficient (Wildman–Crippen LogP) is 0.766. The van der Waals surface area contributed by atoms with Gasteiger partial charge in [0.2, 0.25) is 5.91 Å². The third-order valence-corrected chi connectivity index (χ3v) is 2.47. The molecule has 2 N–H and O–H groups in total. The first kappa shape index (κ1) is 10.0. The van der Waals surface area contributed by atoms with E-state index < -0.39 is 5.97 Å². The molecule has 0 radical (unpaired) electrons. The van der Waals surface area contributed by atoms with Crippen molar-refractivity contribution in [2.75, 3.05) is 0 Å². The quantitative estimate of drug-likeness (QED) is 0.682. The van der Waals surface area contributed by atoms with Gasteiger partial charge in [0.25, 0.3) is 0 Å². The lowest BCUT2D eigenvalue weighted by Crippen LogP contribution is -2.32. The van der Waals surface area contributed by atoms with E-state index in [4.69, 9.17) is 5.11 Å².